The number of rotatable bonds is 8. The molecule has 9 heteroatoms. The van der Waals surface area contributed by atoms with Gasteiger partial charge in [-0.2, -0.15) is 4.31 Å². The van der Waals surface area contributed by atoms with Crippen molar-refractivity contribution in [3.8, 4) is 5.75 Å². The number of thiophene rings is 1. The van der Waals surface area contributed by atoms with Gasteiger partial charge in [-0.05, 0) is 63.1 Å². The maximum atomic E-state index is 13.2. The molecule has 32 heavy (non-hydrogen) atoms. The molecule has 2 aromatic heterocycles. The van der Waals surface area contributed by atoms with Crippen molar-refractivity contribution in [2.45, 2.75) is 46.4 Å². The Morgan fingerprint density at radius 1 is 1.12 bits per heavy atom. The Labute approximate surface area is 193 Å². The number of pyridine rings is 1. The number of amides is 1. The van der Waals surface area contributed by atoms with Crippen LogP contribution in [0.4, 0.5) is 5.69 Å². The van der Waals surface area contributed by atoms with E-state index < -0.39 is 10.0 Å². The minimum atomic E-state index is -3.77. The Kier molecular flexibility index (Phi) is 7.22. The van der Waals surface area contributed by atoms with Crippen molar-refractivity contribution in [3.05, 3.63) is 46.0 Å². The highest BCUT2D eigenvalue weighted by molar-refractivity contribution is 7.89. The van der Waals surface area contributed by atoms with E-state index in [1.807, 2.05) is 26.8 Å². The third-order valence-corrected chi connectivity index (χ3v) is 8.51. The zero-order valence-corrected chi connectivity index (χ0v) is 20.9. The van der Waals surface area contributed by atoms with Crippen LogP contribution in [0.2, 0.25) is 0 Å². The molecule has 0 atom stereocenters. The predicted octanol–water partition coefficient (Wildman–Crippen LogP) is 4.90. The Morgan fingerprint density at radius 3 is 2.44 bits per heavy atom. The van der Waals surface area contributed by atoms with Crippen LogP contribution < -0.4 is 10.1 Å². The molecule has 0 unspecified atom stereocenters. The summed E-state index contributed by atoms with van der Waals surface area (Å²) in [5.41, 5.74) is 3.24. The van der Waals surface area contributed by atoms with Gasteiger partial charge in [0.2, 0.25) is 10.0 Å². The van der Waals surface area contributed by atoms with Gasteiger partial charge in [-0.1, -0.05) is 13.8 Å². The average molecular weight is 476 g/mol. The number of carbonyl (C=O) groups is 1. The first-order valence-electron chi connectivity index (χ1n) is 10.6. The van der Waals surface area contributed by atoms with Crippen molar-refractivity contribution >= 4 is 43.2 Å². The number of benzene rings is 1. The molecule has 0 saturated heterocycles. The van der Waals surface area contributed by atoms with Crippen LogP contribution in [-0.4, -0.2) is 43.3 Å². The molecule has 1 amide bonds. The van der Waals surface area contributed by atoms with Crippen molar-refractivity contribution in [1.29, 1.82) is 0 Å². The summed E-state index contributed by atoms with van der Waals surface area (Å²) in [4.78, 5) is 19.1. The number of sulfonamides is 1. The monoisotopic (exact) mass is 475 g/mol. The number of nitrogens with zero attached hydrogens (tertiary/aromatic N) is 2. The SMILES string of the molecule is CCOc1ccc(NC(=O)c2sc3nc(C)cc(C)c3c2C)cc1S(=O)(=O)N(CC)CC. The van der Waals surface area contributed by atoms with Gasteiger partial charge in [0.15, 0.2) is 0 Å². The van der Waals surface area contributed by atoms with Crippen LogP contribution in [-0.2, 0) is 10.0 Å². The van der Waals surface area contributed by atoms with Crippen molar-refractivity contribution in [2.75, 3.05) is 25.0 Å². The predicted molar refractivity (Wildman–Crippen MR) is 130 cm³/mol. The van der Waals surface area contributed by atoms with Crippen molar-refractivity contribution in [3.63, 3.8) is 0 Å². The van der Waals surface area contributed by atoms with E-state index in [0.29, 0.717) is 30.3 Å². The minimum absolute atomic E-state index is 0.0436. The molecule has 0 bridgehead atoms. The minimum Gasteiger partial charge on any atom is -0.492 e. The second-order valence-corrected chi connectivity index (χ2v) is 10.4. The van der Waals surface area contributed by atoms with Crippen LogP contribution in [0.25, 0.3) is 10.2 Å². The van der Waals surface area contributed by atoms with E-state index >= 15 is 0 Å². The molecular formula is C23H29N3O4S2. The first kappa shape index (κ1) is 24.2. The first-order valence-corrected chi connectivity index (χ1v) is 12.8. The van der Waals surface area contributed by atoms with Crippen LogP contribution in [0.5, 0.6) is 5.75 Å². The highest BCUT2D eigenvalue weighted by Gasteiger charge is 2.27. The number of hydrogen-bond donors (Lipinski definition) is 1. The van der Waals surface area contributed by atoms with Crippen molar-refractivity contribution < 1.29 is 17.9 Å². The molecule has 2 heterocycles. The Balaban J connectivity index is 2.01. The van der Waals surface area contributed by atoms with Gasteiger partial charge in [-0.3, -0.25) is 4.79 Å². The van der Waals surface area contributed by atoms with E-state index in [2.05, 4.69) is 10.3 Å². The Morgan fingerprint density at radius 2 is 1.81 bits per heavy atom. The zero-order valence-electron chi connectivity index (χ0n) is 19.3. The van der Waals surface area contributed by atoms with Gasteiger partial charge in [-0.15, -0.1) is 11.3 Å². The molecule has 0 radical (unpaired) electrons. The lowest BCUT2D eigenvalue weighted by atomic mass is 10.1. The molecule has 0 saturated carbocycles. The van der Waals surface area contributed by atoms with Crippen LogP contribution in [0.15, 0.2) is 29.2 Å². The summed E-state index contributed by atoms with van der Waals surface area (Å²) in [5, 5.41) is 3.84. The number of ether oxygens (including phenoxy) is 1. The summed E-state index contributed by atoms with van der Waals surface area (Å²) < 4.78 is 33.3. The Bertz CT molecular complexity index is 1260. The summed E-state index contributed by atoms with van der Waals surface area (Å²) in [6, 6.07) is 6.70. The molecule has 7 nitrogen and oxygen atoms in total. The summed E-state index contributed by atoms with van der Waals surface area (Å²) in [6.45, 7) is 12.2. The fraction of sp³-hybridized carbons (Fsp3) is 0.391. The number of aryl methyl sites for hydroxylation is 3. The zero-order chi connectivity index (χ0) is 23.6. The standard InChI is InChI=1S/C23H29N3O4S2/c1-7-26(8-2)32(28,29)19-13-17(10-11-18(19)30-9-3)25-22(27)21-16(6)20-14(4)12-15(5)24-23(20)31-21/h10-13H,7-9H2,1-6H3,(H,25,27). The molecule has 1 N–H and O–H groups in total. The number of hydrogen-bond acceptors (Lipinski definition) is 6. The normalized spacial score (nSPS) is 11.8. The van der Waals surface area contributed by atoms with Crippen LogP contribution in [0, 0.1) is 20.8 Å². The van der Waals surface area contributed by atoms with Crippen molar-refractivity contribution in [1.82, 2.24) is 9.29 Å². The third kappa shape index (κ3) is 4.51. The second kappa shape index (κ2) is 9.56. The topological polar surface area (TPSA) is 88.6 Å². The highest BCUT2D eigenvalue weighted by Crippen LogP contribution is 2.34. The van der Waals surface area contributed by atoms with Gasteiger partial charge < -0.3 is 10.1 Å². The molecule has 0 aliphatic carbocycles. The molecule has 172 valence electrons. The number of carbonyl (C=O) groups excluding carboxylic acids is 1. The lowest BCUT2D eigenvalue weighted by Gasteiger charge is -2.21. The number of anilines is 1. The average Bonchev–Trinajstić information content (AvgIpc) is 3.06. The van der Waals surface area contributed by atoms with E-state index in [4.69, 9.17) is 4.74 Å². The maximum Gasteiger partial charge on any atom is 0.266 e. The maximum absolute atomic E-state index is 13.2. The third-order valence-electron chi connectivity index (χ3n) is 5.26. The fourth-order valence-corrected chi connectivity index (χ4v) is 6.60. The highest BCUT2D eigenvalue weighted by atomic mass is 32.2. The van der Waals surface area contributed by atoms with Gasteiger partial charge >= 0.3 is 0 Å². The number of aromatic nitrogens is 1. The van der Waals surface area contributed by atoms with E-state index in [-0.39, 0.29) is 16.6 Å². The van der Waals surface area contributed by atoms with Gasteiger partial charge in [0, 0.05) is 29.9 Å². The molecular weight excluding hydrogens is 446 g/mol. The second-order valence-electron chi connectivity index (χ2n) is 7.45. The summed E-state index contributed by atoms with van der Waals surface area (Å²) in [5.74, 6) is -0.0244. The van der Waals surface area contributed by atoms with Gasteiger partial charge in [0.25, 0.3) is 5.91 Å². The van der Waals surface area contributed by atoms with Gasteiger partial charge in [0.05, 0.1) is 11.5 Å². The molecule has 0 aliphatic rings. The molecule has 0 aliphatic heterocycles. The summed E-state index contributed by atoms with van der Waals surface area (Å²) in [6.07, 6.45) is 0. The summed E-state index contributed by atoms with van der Waals surface area (Å²) >= 11 is 1.34. The van der Waals surface area contributed by atoms with Gasteiger partial charge in [0.1, 0.15) is 15.5 Å². The largest absolute Gasteiger partial charge is 0.492 e. The number of fused-ring (bicyclic) bond motifs is 1. The van der Waals surface area contributed by atoms with E-state index in [0.717, 1.165) is 27.0 Å². The molecule has 1 aromatic carbocycles. The van der Waals surface area contributed by atoms with Crippen LogP contribution >= 0.6 is 11.3 Å². The smallest absolute Gasteiger partial charge is 0.266 e. The quantitative estimate of drug-likeness (QED) is 0.500. The lowest BCUT2D eigenvalue weighted by molar-refractivity contribution is 0.103. The number of nitrogens with one attached hydrogen (secondary N) is 1. The van der Waals surface area contributed by atoms with E-state index in [9.17, 15) is 13.2 Å². The van der Waals surface area contributed by atoms with Gasteiger partial charge in [-0.25, -0.2) is 13.4 Å². The van der Waals surface area contributed by atoms with E-state index in [1.54, 1.807) is 32.9 Å². The Hall–Kier alpha value is -2.49. The lowest BCUT2D eigenvalue weighted by Crippen LogP contribution is -2.31. The van der Waals surface area contributed by atoms with Crippen LogP contribution in [0.3, 0.4) is 0 Å². The fourth-order valence-electron chi connectivity index (χ4n) is 3.79. The molecule has 3 aromatic rings. The molecule has 0 spiro atoms. The first-order chi connectivity index (χ1) is 15.1. The van der Waals surface area contributed by atoms with Crippen molar-refractivity contribution in [2.24, 2.45) is 0 Å². The molecule has 3 rings (SSSR count). The summed E-state index contributed by atoms with van der Waals surface area (Å²) in [7, 11) is -3.77. The van der Waals surface area contributed by atoms with E-state index in [1.165, 1.54) is 21.7 Å². The molecule has 0 fully saturated rings. The van der Waals surface area contributed by atoms with Crippen LogP contribution in [0.1, 0.15) is 47.3 Å².